The van der Waals surface area contributed by atoms with Crippen LogP contribution in [0.4, 0.5) is 0 Å². The lowest BCUT2D eigenvalue weighted by Crippen LogP contribution is -2.69. The fourth-order valence-corrected chi connectivity index (χ4v) is 2.69. The van der Waals surface area contributed by atoms with Crippen LogP contribution in [0.15, 0.2) is 42.9 Å². The van der Waals surface area contributed by atoms with Gasteiger partial charge in [-0.1, -0.05) is 30.3 Å². The number of carbonyl (C=O) groups excluding carboxylic acids is 2. The summed E-state index contributed by atoms with van der Waals surface area (Å²) in [7, 11) is 0. The SMILES string of the molecule is C[C@]1(Cc2ccccc2)NC(=O)[C@H](Cc2cnc[nH]2)NC1=O. The van der Waals surface area contributed by atoms with Crippen molar-refractivity contribution < 1.29 is 9.59 Å². The maximum atomic E-state index is 12.5. The second kappa shape index (κ2) is 5.63. The smallest absolute Gasteiger partial charge is 0.246 e. The Morgan fingerprint density at radius 3 is 2.68 bits per heavy atom. The van der Waals surface area contributed by atoms with Gasteiger partial charge in [-0.25, -0.2) is 4.98 Å². The van der Waals surface area contributed by atoms with E-state index in [2.05, 4.69) is 20.6 Å². The van der Waals surface area contributed by atoms with Crippen molar-refractivity contribution in [1.29, 1.82) is 0 Å². The second-order valence-electron chi connectivity index (χ2n) is 5.79. The first kappa shape index (κ1) is 14.3. The highest BCUT2D eigenvalue weighted by atomic mass is 16.2. The van der Waals surface area contributed by atoms with Gasteiger partial charge in [0.25, 0.3) is 0 Å². The van der Waals surface area contributed by atoms with Crippen LogP contribution in [0, 0.1) is 0 Å². The van der Waals surface area contributed by atoms with E-state index in [4.69, 9.17) is 0 Å². The average Bonchev–Trinajstić information content (AvgIpc) is 2.99. The summed E-state index contributed by atoms with van der Waals surface area (Å²) in [4.78, 5) is 31.6. The molecule has 6 nitrogen and oxygen atoms in total. The highest BCUT2D eigenvalue weighted by molar-refractivity contribution is 5.99. The largest absolute Gasteiger partial charge is 0.348 e. The van der Waals surface area contributed by atoms with Crippen LogP contribution in [-0.4, -0.2) is 33.4 Å². The van der Waals surface area contributed by atoms with E-state index in [1.54, 1.807) is 19.4 Å². The summed E-state index contributed by atoms with van der Waals surface area (Å²) in [6, 6.07) is 9.08. The number of aromatic amines is 1. The Kier molecular flexibility index (Phi) is 3.66. The van der Waals surface area contributed by atoms with Crippen LogP contribution in [0.5, 0.6) is 0 Å². The number of hydrogen-bond acceptors (Lipinski definition) is 3. The fourth-order valence-electron chi connectivity index (χ4n) is 2.69. The van der Waals surface area contributed by atoms with Crippen LogP contribution in [0.1, 0.15) is 18.2 Å². The van der Waals surface area contributed by atoms with E-state index in [-0.39, 0.29) is 11.8 Å². The summed E-state index contributed by atoms with van der Waals surface area (Å²) in [5, 5.41) is 5.68. The van der Waals surface area contributed by atoms with Crippen molar-refractivity contribution in [2.24, 2.45) is 0 Å². The Morgan fingerprint density at radius 2 is 2.00 bits per heavy atom. The molecular formula is C16H18N4O2. The van der Waals surface area contributed by atoms with Crippen molar-refractivity contribution in [3.63, 3.8) is 0 Å². The van der Waals surface area contributed by atoms with Gasteiger partial charge in [-0.05, 0) is 12.5 Å². The molecule has 0 saturated carbocycles. The van der Waals surface area contributed by atoms with E-state index >= 15 is 0 Å². The molecule has 1 aliphatic heterocycles. The first-order valence-corrected chi connectivity index (χ1v) is 7.21. The van der Waals surface area contributed by atoms with E-state index in [1.165, 1.54) is 0 Å². The van der Waals surface area contributed by atoms with Gasteiger partial charge in [0.1, 0.15) is 11.6 Å². The van der Waals surface area contributed by atoms with Gasteiger partial charge < -0.3 is 15.6 Å². The maximum absolute atomic E-state index is 12.5. The van der Waals surface area contributed by atoms with Gasteiger partial charge in [-0.2, -0.15) is 0 Å². The molecule has 1 saturated heterocycles. The Bertz CT molecular complexity index is 669. The zero-order valence-electron chi connectivity index (χ0n) is 12.3. The molecule has 6 heteroatoms. The molecule has 0 aliphatic carbocycles. The second-order valence-corrected chi connectivity index (χ2v) is 5.79. The van der Waals surface area contributed by atoms with Gasteiger partial charge in [0.2, 0.25) is 11.8 Å². The molecule has 2 aromatic rings. The number of nitrogens with one attached hydrogen (secondary N) is 3. The molecule has 3 N–H and O–H groups in total. The molecule has 2 heterocycles. The van der Waals surface area contributed by atoms with Crippen molar-refractivity contribution >= 4 is 11.8 Å². The van der Waals surface area contributed by atoms with Crippen LogP contribution in [-0.2, 0) is 22.4 Å². The lowest BCUT2D eigenvalue weighted by atomic mass is 9.88. The first-order chi connectivity index (χ1) is 10.6. The lowest BCUT2D eigenvalue weighted by molar-refractivity contribution is -0.140. The first-order valence-electron chi connectivity index (χ1n) is 7.21. The highest BCUT2D eigenvalue weighted by Crippen LogP contribution is 2.18. The molecule has 0 bridgehead atoms. The molecule has 1 fully saturated rings. The van der Waals surface area contributed by atoms with E-state index in [0.29, 0.717) is 12.8 Å². The number of carbonyl (C=O) groups is 2. The number of rotatable bonds is 4. The predicted octanol–water partition coefficient (Wildman–Crippen LogP) is 0.568. The number of amides is 2. The molecule has 3 rings (SSSR count). The third-order valence-electron chi connectivity index (χ3n) is 3.90. The van der Waals surface area contributed by atoms with E-state index in [0.717, 1.165) is 11.3 Å². The number of imidazole rings is 1. The third kappa shape index (κ3) is 2.86. The van der Waals surface area contributed by atoms with Crippen molar-refractivity contribution in [1.82, 2.24) is 20.6 Å². The Labute approximate surface area is 128 Å². The van der Waals surface area contributed by atoms with Crippen molar-refractivity contribution in [2.45, 2.75) is 31.3 Å². The van der Waals surface area contributed by atoms with E-state index in [1.807, 2.05) is 30.3 Å². The van der Waals surface area contributed by atoms with Gasteiger partial charge in [-0.3, -0.25) is 9.59 Å². The highest BCUT2D eigenvalue weighted by Gasteiger charge is 2.42. The number of H-pyrrole nitrogens is 1. The van der Waals surface area contributed by atoms with Gasteiger partial charge in [0, 0.05) is 24.7 Å². The standard InChI is InChI=1S/C16H18N4O2/c1-16(8-11-5-3-2-4-6-11)15(22)19-13(14(21)20-16)7-12-9-17-10-18-12/h2-6,9-10,13H,7-8H2,1H3,(H,17,18)(H,19,22)(H,20,21)/t13-,16+/m0/s1. The quantitative estimate of drug-likeness (QED) is 0.771. The number of nitrogens with zero attached hydrogens (tertiary/aromatic N) is 1. The van der Waals surface area contributed by atoms with Crippen molar-refractivity contribution in [3.8, 4) is 0 Å². The molecule has 1 aliphatic rings. The molecule has 0 radical (unpaired) electrons. The van der Waals surface area contributed by atoms with Crippen LogP contribution in [0.25, 0.3) is 0 Å². The van der Waals surface area contributed by atoms with E-state index in [9.17, 15) is 9.59 Å². The molecule has 1 aromatic heterocycles. The predicted molar refractivity (Wildman–Crippen MR) is 80.9 cm³/mol. The minimum absolute atomic E-state index is 0.166. The number of hydrogen-bond donors (Lipinski definition) is 3. The Hall–Kier alpha value is -2.63. The number of piperazine rings is 1. The maximum Gasteiger partial charge on any atom is 0.246 e. The van der Waals surface area contributed by atoms with Gasteiger partial charge in [-0.15, -0.1) is 0 Å². The monoisotopic (exact) mass is 298 g/mol. The Morgan fingerprint density at radius 1 is 1.23 bits per heavy atom. The lowest BCUT2D eigenvalue weighted by Gasteiger charge is -2.37. The molecule has 1 aromatic carbocycles. The van der Waals surface area contributed by atoms with Gasteiger partial charge in [0.15, 0.2) is 0 Å². The fraction of sp³-hybridized carbons (Fsp3) is 0.312. The molecule has 0 spiro atoms. The minimum atomic E-state index is -0.928. The molecule has 2 amide bonds. The molecular weight excluding hydrogens is 280 g/mol. The van der Waals surface area contributed by atoms with Gasteiger partial charge in [0.05, 0.1) is 6.33 Å². The molecule has 22 heavy (non-hydrogen) atoms. The normalized spacial score (nSPS) is 24.7. The molecule has 114 valence electrons. The zero-order valence-corrected chi connectivity index (χ0v) is 12.3. The minimum Gasteiger partial charge on any atom is -0.348 e. The van der Waals surface area contributed by atoms with Crippen LogP contribution < -0.4 is 10.6 Å². The summed E-state index contributed by atoms with van der Waals surface area (Å²) in [6.07, 6.45) is 4.07. The molecule has 0 unspecified atom stereocenters. The van der Waals surface area contributed by atoms with Gasteiger partial charge >= 0.3 is 0 Å². The summed E-state index contributed by atoms with van der Waals surface area (Å²) in [6.45, 7) is 1.75. The average molecular weight is 298 g/mol. The Balaban J connectivity index is 1.72. The number of aromatic nitrogens is 2. The summed E-state index contributed by atoms with van der Waals surface area (Å²) < 4.78 is 0. The van der Waals surface area contributed by atoms with Crippen LogP contribution in [0.3, 0.4) is 0 Å². The molecule has 2 atom stereocenters. The van der Waals surface area contributed by atoms with E-state index < -0.39 is 11.6 Å². The van der Waals surface area contributed by atoms with Crippen LogP contribution >= 0.6 is 0 Å². The van der Waals surface area contributed by atoms with Crippen LogP contribution in [0.2, 0.25) is 0 Å². The third-order valence-corrected chi connectivity index (χ3v) is 3.90. The van der Waals surface area contributed by atoms with Crippen molar-refractivity contribution in [2.75, 3.05) is 0 Å². The summed E-state index contributed by atoms with van der Waals surface area (Å²) >= 11 is 0. The zero-order chi connectivity index (χ0) is 15.6. The summed E-state index contributed by atoms with van der Waals surface area (Å²) in [5.41, 5.74) is 0.891. The number of benzene rings is 1. The summed E-state index contributed by atoms with van der Waals surface area (Å²) in [5.74, 6) is -0.340. The van der Waals surface area contributed by atoms with Crippen molar-refractivity contribution in [3.05, 3.63) is 54.1 Å². The topological polar surface area (TPSA) is 86.9 Å².